The molecule has 0 bridgehead atoms. The lowest BCUT2D eigenvalue weighted by Crippen LogP contribution is -2.45. The van der Waals surface area contributed by atoms with Crippen molar-refractivity contribution < 1.29 is 4.79 Å². The number of hydrogen-bond donors (Lipinski definition) is 0. The average Bonchev–Trinajstić information content (AvgIpc) is 2.46. The minimum Gasteiger partial charge on any atom is -0.325 e. The molecule has 0 radical (unpaired) electrons. The van der Waals surface area contributed by atoms with Gasteiger partial charge in [0.2, 0.25) is 0 Å². The minimum atomic E-state index is 0.0547. The lowest BCUT2D eigenvalue weighted by molar-refractivity contribution is 0.132. The van der Waals surface area contributed by atoms with Crippen LogP contribution in [0.4, 0.5) is 4.79 Å². The Morgan fingerprint density at radius 3 is 2.40 bits per heavy atom. The van der Waals surface area contributed by atoms with Crippen LogP contribution >= 0.6 is 11.6 Å². The Labute approximate surface area is 126 Å². The molecule has 0 saturated carbocycles. The number of rotatable bonds is 2. The average molecular weight is 295 g/mol. The second-order valence-corrected chi connectivity index (χ2v) is 6.23. The van der Waals surface area contributed by atoms with Crippen LogP contribution in [0.15, 0.2) is 24.3 Å². The molecule has 1 aromatic carbocycles. The molecule has 1 aliphatic heterocycles. The molecule has 0 aromatic heterocycles. The second-order valence-electron chi connectivity index (χ2n) is 5.79. The monoisotopic (exact) mass is 294 g/mol. The highest BCUT2D eigenvalue weighted by Gasteiger charge is 2.25. The van der Waals surface area contributed by atoms with Crippen molar-refractivity contribution in [3.8, 4) is 0 Å². The van der Waals surface area contributed by atoms with Crippen molar-refractivity contribution in [2.75, 3.05) is 20.1 Å². The molecule has 1 aliphatic rings. The SMILES string of the molecule is CC1CCN(C(=O)N(C)C(C)c2ccc(Cl)cc2)CC1. The van der Waals surface area contributed by atoms with Gasteiger partial charge in [-0.05, 0) is 43.4 Å². The molecule has 3 nitrogen and oxygen atoms in total. The van der Waals surface area contributed by atoms with Gasteiger partial charge in [0.05, 0.1) is 6.04 Å². The van der Waals surface area contributed by atoms with E-state index in [9.17, 15) is 4.79 Å². The van der Waals surface area contributed by atoms with Crippen LogP contribution in [0.2, 0.25) is 5.02 Å². The number of halogens is 1. The van der Waals surface area contributed by atoms with Crippen LogP contribution in [0.25, 0.3) is 0 Å². The normalized spacial score (nSPS) is 17.9. The Morgan fingerprint density at radius 1 is 1.30 bits per heavy atom. The van der Waals surface area contributed by atoms with E-state index in [0.717, 1.165) is 42.4 Å². The number of urea groups is 1. The van der Waals surface area contributed by atoms with Crippen molar-refractivity contribution >= 4 is 17.6 Å². The van der Waals surface area contributed by atoms with Crippen LogP contribution in [-0.2, 0) is 0 Å². The lowest BCUT2D eigenvalue weighted by Gasteiger charge is -2.35. The first-order chi connectivity index (χ1) is 9.49. The minimum absolute atomic E-state index is 0.0547. The molecular formula is C16H23ClN2O. The number of carbonyl (C=O) groups is 1. The highest BCUT2D eigenvalue weighted by molar-refractivity contribution is 6.30. The van der Waals surface area contributed by atoms with Crippen molar-refractivity contribution in [1.82, 2.24) is 9.80 Å². The highest BCUT2D eigenvalue weighted by Crippen LogP contribution is 2.23. The fourth-order valence-corrected chi connectivity index (χ4v) is 2.68. The van der Waals surface area contributed by atoms with Gasteiger partial charge in [-0.3, -0.25) is 0 Å². The van der Waals surface area contributed by atoms with Gasteiger partial charge in [-0.25, -0.2) is 4.79 Å². The molecule has 1 aromatic rings. The van der Waals surface area contributed by atoms with Gasteiger partial charge in [0, 0.05) is 25.2 Å². The summed E-state index contributed by atoms with van der Waals surface area (Å²) >= 11 is 5.91. The van der Waals surface area contributed by atoms with Gasteiger partial charge in [-0.15, -0.1) is 0 Å². The molecule has 20 heavy (non-hydrogen) atoms. The maximum absolute atomic E-state index is 12.5. The van der Waals surface area contributed by atoms with Crippen LogP contribution in [-0.4, -0.2) is 36.0 Å². The van der Waals surface area contributed by atoms with E-state index in [2.05, 4.69) is 6.92 Å². The van der Waals surface area contributed by atoms with Crippen LogP contribution in [0.1, 0.15) is 38.3 Å². The molecule has 0 N–H and O–H groups in total. The molecule has 1 saturated heterocycles. The second kappa shape index (κ2) is 6.49. The van der Waals surface area contributed by atoms with Crippen molar-refractivity contribution in [2.45, 2.75) is 32.7 Å². The summed E-state index contributed by atoms with van der Waals surface area (Å²) in [6, 6.07) is 7.88. The number of carbonyl (C=O) groups excluding carboxylic acids is 1. The molecule has 1 atom stereocenters. The van der Waals surface area contributed by atoms with Gasteiger partial charge in [0.25, 0.3) is 0 Å². The van der Waals surface area contributed by atoms with Crippen LogP contribution in [0.5, 0.6) is 0 Å². The third kappa shape index (κ3) is 3.45. The fourth-order valence-electron chi connectivity index (χ4n) is 2.55. The summed E-state index contributed by atoms with van der Waals surface area (Å²) in [7, 11) is 1.87. The Kier molecular flexibility index (Phi) is 4.92. The van der Waals surface area contributed by atoms with E-state index in [1.54, 1.807) is 0 Å². The first-order valence-corrected chi connectivity index (χ1v) is 7.64. The smallest absolute Gasteiger partial charge is 0.320 e. The zero-order valence-corrected chi connectivity index (χ0v) is 13.2. The molecule has 2 amide bonds. The van der Waals surface area contributed by atoms with Crippen molar-refractivity contribution in [1.29, 1.82) is 0 Å². The first-order valence-electron chi connectivity index (χ1n) is 7.26. The molecule has 1 heterocycles. The van der Waals surface area contributed by atoms with E-state index in [-0.39, 0.29) is 12.1 Å². The van der Waals surface area contributed by atoms with Crippen LogP contribution < -0.4 is 0 Å². The van der Waals surface area contributed by atoms with Crippen molar-refractivity contribution in [2.24, 2.45) is 5.92 Å². The molecule has 1 unspecified atom stereocenters. The Balaban J connectivity index is 2.00. The Morgan fingerprint density at radius 2 is 1.85 bits per heavy atom. The summed E-state index contributed by atoms with van der Waals surface area (Å²) in [5.41, 5.74) is 1.11. The van der Waals surface area contributed by atoms with Gasteiger partial charge in [0.1, 0.15) is 0 Å². The Hall–Kier alpha value is -1.22. The lowest BCUT2D eigenvalue weighted by atomic mass is 9.99. The summed E-state index contributed by atoms with van der Waals surface area (Å²) in [6.07, 6.45) is 2.21. The number of piperidine rings is 1. The maximum Gasteiger partial charge on any atom is 0.320 e. The van der Waals surface area contributed by atoms with Gasteiger partial charge in [-0.1, -0.05) is 30.7 Å². The fraction of sp³-hybridized carbons (Fsp3) is 0.562. The van der Waals surface area contributed by atoms with Gasteiger partial charge >= 0.3 is 6.03 Å². The standard InChI is InChI=1S/C16H23ClN2O/c1-12-8-10-19(11-9-12)16(20)18(3)13(2)14-4-6-15(17)7-5-14/h4-7,12-13H,8-11H2,1-3H3. The van der Waals surface area contributed by atoms with Crippen molar-refractivity contribution in [3.05, 3.63) is 34.9 Å². The van der Waals surface area contributed by atoms with E-state index < -0.39 is 0 Å². The molecule has 4 heteroatoms. The maximum atomic E-state index is 12.5. The number of benzene rings is 1. The zero-order valence-electron chi connectivity index (χ0n) is 12.5. The zero-order chi connectivity index (χ0) is 14.7. The van der Waals surface area contributed by atoms with E-state index in [1.165, 1.54) is 0 Å². The number of hydrogen-bond acceptors (Lipinski definition) is 1. The highest BCUT2D eigenvalue weighted by atomic mass is 35.5. The van der Waals surface area contributed by atoms with E-state index in [0.29, 0.717) is 0 Å². The van der Waals surface area contributed by atoms with Crippen molar-refractivity contribution in [3.63, 3.8) is 0 Å². The third-order valence-electron chi connectivity index (χ3n) is 4.29. The topological polar surface area (TPSA) is 23.6 Å². The quantitative estimate of drug-likeness (QED) is 0.802. The van der Waals surface area contributed by atoms with E-state index in [4.69, 9.17) is 11.6 Å². The molecular weight excluding hydrogens is 272 g/mol. The number of likely N-dealkylation sites (tertiary alicyclic amines) is 1. The molecule has 1 fully saturated rings. The summed E-state index contributed by atoms with van der Waals surface area (Å²) in [5, 5.41) is 0.722. The van der Waals surface area contributed by atoms with Gasteiger partial charge in [0.15, 0.2) is 0 Å². The predicted molar refractivity (Wildman–Crippen MR) is 83.0 cm³/mol. The Bertz CT molecular complexity index is 452. The largest absolute Gasteiger partial charge is 0.325 e. The van der Waals surface area contributed by atoms with E-state index in [1.807, 2.05) is 48.0 Å². The molecule has 110 valence electrons. The summed E-state index contributed by atoms with van der Waals surface area (Å²) in [5.74, 6) is 0.734. The number of nitrogens with zero attached hydrogens (tertiary/aromatic N) is 2. The van der Waals surface area contributed by atoms with Crippen LogP contribution in [0, 0.1) is 5.92 Å². The van der Waals surface area contributed by atoms with E-state index >= 15 is 0 Å². The molecule has 0 aliphatic carbocycles. The summed E-state index contributed by atoms with van der Waals surface area (Å²) in [6.45, 7) is 6.05. The summed E-state index contributed by atoms with van der Waals surface area (Å²) < 4.78 is 0. The summed E-state index contributed by atoms with van der Waals surface area (Å²) in [4.78, 5) is 16.3. The first kappa shape index (κ1) is 15.2. The van der Waals surface area contributed by atoms with Gasteiger partial charge in [-0.2, -0.15) is 0 Å². The molecule has 2 rings (SSSR count). The van der Waals surface area contributed by atoms with Gasteiger partial charge < -0.3 is 9.80 Å². The number of amides is 2. The predicted octanol–water partition coefficient (Wildman–Crippen LogP) is 4.18. The molecule has 0 spiro atoms. The third-order valence-corrected chi connectivity index (χ3v) is 4.54. The van der Waals surface area contributed by atoms with Crippen LogP contribution in [0.3, 0.4) is 0 Å².